The number of benzene rings is 4. The molecule has 0 saturated carbocycles. The number of aromatic hydroxyl groups is 3. The van der Waals surface area contributed by atoms with Gasteiger partial charge in [-0.2, -0.15) is 0 Å². The van der Waals surface area contributed by atoms with Crippen LogP contribution in [0.5, 0.6) is 17.2 Å². The molecule has 0 fully saturated rings. The Bertz CT molecular complexity index is 2440. The fourth-order valence-corrected chi connectivity index (χ4v) is 17.6. The van der Waals surface area contributed by atoms with Crippen LogP contribution in [0.15, 0.2) is 36.4 Å². The quantitative estimate of drug-likeness (QED) is 0.0779. The van der Waals surface area contributed by atoms with E-state index in [4.69, 9.17) is 0 Å². The second-order valence-corrected chi connectivity index (χ2v) is 38.3. The Morgan fingerprint density at radius 3 is 0.464 bits per heavy atom. The summed E-state index contributed by atoms with van der Waals surface area (Å²) in [6.45, 7) is 77.2. The summed E-state index contributed by atoms with van der Waals surface area (Å²) < 4.78 is 0. The van der Waals surface area contributed by atoms with Crippen molar-refractivity contribution in [3.8, 4) is 17.2 Å². The zero-order valence-corrected chi connectivity index (χ0v) is 61.3. The molecule has 0 unspecified atom stereocenters. The smallest absolute Gasteiger partial charge is 0.123 e. The van der Waals surface area contributed by atoms with Gasteiger partial charge in [0.2, 0.25) is 0 Å². The summed E-state index contributed by atoms with van der Waals surface area (Å²) in [7, 11) is 0. The van der Waals surface area contributed by atoms with E-state index in [1.165, 1.54) is 50.1 Å². The molecule has 0 heterocycles. The monoisotopic (exact) mass is 1150 g/mol. The third-order valence-electron chi connectivity index (χ3n) is 18.1. The van der Waals surface area contributed by atoms with Crippen LogP contribution in [0, 0.1) is 32.5 Å². The molecule has 0 spiro atoms. The van der Waals surface area contributed by atoms with Crippen molar-refractivity contribution in [3.63, 3.8) is 0 Å². The van der Waals surface area contributed by atoms with Crippen molar-refractivity contribution < 1.29 is 15.3 Å². The largest absolute Gasteiger partial charge is 0.507 e. The summed E-state index contributed by atoms with van der Waals surface area (Å²) >= 11 is 0. The summed E-state index contributed by atoms with van der Waals surface area (Å²) in [5, 5.41) is 38.4. The topological polar surface area (TPSA) is 60.7 Å². The van der Waals surface area contributed by atoms with E-state index in [1.54, 1.807) is 0 Å². The normalized spacial score (nSPS) is 14.2. The molecule has 0 amide bonds. The van der Waals surface area contributed by atoms with Crippen LogP contribution in [0.4, 0.5) is 0 Å². The maximum atomic E-state index is 12.8. The van der Waals surface area contributed by atoms with Crippen molar-refractivity contribution in [2.24, 2.45) is 32.5 Å². The molecule has 84 heavy (non-hydrogen) atoms. The van der Waals surface area contributed by atoms with E-state index in [2.05, 4.69) is 265 Å². The fourth-order valence-electron chi connectivity index (χ4n) is 17.6. The average Bonchev–Trinajstić information content (AvgIpc) is 2.37. The van der Waals surface area contributed by atoms with Gasteiger partial charge in [-0.15, -0.1) is 0 Å². The van der Waals surface area contributed by atoms with Crippen LogP contribution in [0.3, 0.4) is 0 Å². The van der Waals surface area contributed by atoms with Gasteiger partial charge in [0.1, 0.15) is 17.2 Å². The molecule has 0 bridgehead atoms. The molecule has 4 aromatic rings. The third kappa shape index (κ3) is 18.7. The maximum Gasteiger partial charge on any atom is 0.123 e. The summed E-state index contributed by atoms with van der Waals surface area (Å²) in [5.41, 5.74) is 17.2. The second-order valence-electron chi connectivity index (χ2n) is 38.3. The molecule has 0 aromatic heterocycles. The van der Waals surface area contributed by atoms with Crippen molar-refractivity contribution in [2.45, 2.75) is 338 Å². The summed E-state index contributed by atoms with van der Waals surface area (Å²) in [5.74, 6) is 1.38. The first-order valence-corrected chi connectivity index (χ1v) is 33.2. The van der Waals surface area contributed by atoms with Gasteiger partial charge in [0, 0.05) is 33.4 Å². The zero-order valence-electron chi connectivity index (χ0n) is 61.3. The summed E-state index contributed by atoms with van der Waals surface area (Å²) in [6.07, 6.45) is 10.5. The van der Waals surface area contributed by atoms with E-state index in [1.807, 2.05) is 0 Å². The van der Waals surface area contributed by atoms with Crippen LogP contribution >= 0.6 is 0 Å². The Morgan fingerprint density at radius 2 is 0.357 bits per heavy atom. The van der Waals surface area contributed by atoms with E-state index >= 15 is 0 Å². The first kappa shape index (κ1) is 72.8. The molecule has 0 aliphatic rings. The van der Waals surface area contributed by atoms with Crippen LogP contribution in [0.2, 0.25) is 0 Å². The van der Waals surface area contributed by atoms with Crippen LogP contribution in [0.25, 0.3) is 0 Å². The highest BCUT2D eigenvalue weighted by molar-refractivity contribution is 5.61. The van der Waals surface area contributed by atoms with E-state index in [0.29, 0.717) is 17.2 Å². The Morgan fingerprint density at radius 1 is 0.226 bits per heavy atom. The lowest BCUT2D eigenvalue weighted by molar-refractivity contribution is 0.266. The fraction of sp³-hybridized carbons (Fsp3) is 0.704. The van der Waals surface area contributed by atoms with Crippen LogP contribution < -0.4 is 0 Å². The maximum absolute atomic E-state index is 12.8. The van der Waals surface area contributed by atoms with Crippen LogP contribution in [-0.4, -0.2) is 15.3 Å². The first-order valence-electron chi connectivity index (χ1n) is 33.2. The SMILES string of the molecule is CCc1c(Cc2cc(C(C)(C)CC(C)(C)C)c(O)c(C(C)(C)CC(C)(C)C)c2)c(CC)c(Cc2cc(C(C)(C)CC(C)(C)C)c(O)c(C(C)(C)CC(C)(C)C)c2)c(CC)c1Cc1cc(C(C)(C)CC(C)(C)C)c(O)c(C(C)(C)CC(C)(C)C)c1. The van der Waals surface area contributed by atoms with E-state index in [0.717, 1.165) is 110 Å². The van der Waals surface area contributed by atoms with Gasteiger partial charge in [0.15, 0.2) is 0 Å². The van der Waals surface area contributed by atoms with Gasteiger partial charge in [-0.25, -0.2) is 0 Å². The molecular weight excluding hydrogens is 1020 g/mol. The van der Waals surface area contributed by atoms with Gasteiger partial charge in [0.25, 0.3) is 0 Å². The average molecular weight is 1150 g/mol. The van der Waals surface area contributed by atoms with Crippen molar-refractivity contribution in [2.75, 3.05) is 0 Å². The Balaban J connectivity index is 2.38. The zero-order chi connectivity index (χ0) is 65.1. The number of hydrogen-bond donors (Lipinski definition) is 3. The summed E-state index contributed by atoms with van der Waals surface area (Å²) in [4.78, 5) is 0. The van der Waals surface area contributed by atoms with E-state index in [9.17, 15) is 15.3 Å². The number of hydrogen-bond acceptors (Lipinski definition) is 3. The molecule has 0 saturated heterocycles. The molecule has 3 N–H and O–H groups in total. The molecule has 3 heteroatoms. The number of phenols is 3. The molecule has 4 rings (SSSR count). The molecule has 474 valence electrons. The van der Waals surface area contributed by atoms with Crippen molar-refractivity contribution in [1.82, 2.24) is 0 Å². The van der Waals surface area contributed by atoms with Gasteiger partial charge in [-0.1, -0.05) is 265 Å². The lowest BCUT2D eigenvalue weighted by atomic mass is 9.67. The standard InChI is InChI=1S/C81H132O3/c1-34-55-58(37-52-40-61(76(22,23)46-70(4,5)6)67(82)62(41-52)77(24,25)47-71(7,8)9)56(35-2)60(39-54-44-65(80(30,31)50-74(16,17)18)69(84)66(45-54)81(32,33)51-75(19,20)21)57(36-3)59(55)38-53-42-63(78(26,27)48-72(10,11)12)68(83)64(43-53)79(28,29)49-73(13,14)15/h40-45,82-84H,34-39,46-51H2,1-33H3. The molecule has 0 atom stereocenters. The highest BCUT2D eigenvalue weighted by Crippen LogP contribution is 2.52. The first-order chi connectivity index (χ1) is 37.4. The molecule has 0 aliphatic carbocycles. The minimum Gasteiger partial charge on any atom is -0.507 e. The second kappa shape index (κ2) is 24.7. The molecule has 4 aromatic carbocycles. The molecule has 0 aliphatic heterocycles. The Hall–Kier alpha value is -3.72. The van der Waals surface area contributed by atoms with Gasteiger partial charge in [0.05, 0.1) is 0 Å². The molecule has 0 radical (unpaired) electrons. The number of phenolic OH excluding ortho intramolecular Hbond substituents is 3. The van der Waals surface area contributed by atoms with E-state index in [-0.39, 0.29) is 65.0 Å². The van der Waals surface area contributed by atoms with Crippen molar-refractivity contribution in [1.29, 1.82) is 0 Å². The number of rotatable bonds is 21. The van der Waals surface area contributed by atoms with Crippen molar-refractivity contribution in [3.05, 3.63) is 120 Å². The summed E-state index contributed by atoms with van der Waals surface area (Å²) in [6, 6.07) is 14.4. The molecule has 3 nitrogen and oxygen atoms in total. The van der Waals surface area contributed by atoms with Gasteiger partial charge in [-0.3, -0.25) is 0 Å². The predicted octanol–water partition coefficient (Wildman–Crippen LogP) is 23.5. The van der Waals surface area contributed by atoms with Crippen LogP contribution in [0.1, 0.15) is 350 Å². The predicted molar refractivity (Wildman–Crippen MR) is 370 cm³/mol. The Kier molecular flexibility index (Phi) is 21.4. The van der Waals surface area contributed by atoms with Crippen LogP contribution in [-0.2, 0) is 71.0 Å². The minimum atomic E-state index is -0.292. The van der Waals surface area contributed by atoms with Gasteiger partial charge >= 0.3 is 0 Å². The lowest BCUT2D eigenvalue weighted by Gasteiger charge is -2.38. The lowest BCUT2D eigenvalue weighted by Crippen LogP contribution is -2.28. The van der Waals surface area contributed by atoms with Gasteiger partial charge in [-0.05, 0) is 192 Å². The van der Waals surface area contributed by atoms with Gasteiger partial charge < -0.3 is 15.3 Å². The van der Waals surface area contributed by atoms with Crippen molar-refractivity contribution >= 4 is 0 Å². The highest BCUT2D eigenvalue weighted by Gasteiger charge is 2.40. The van der Waals surface area contributed by atoms with E-state index < -0.39 is 0 Å². The Labute approximate surface area is 520 Å². The minimum absolute atomic E-state index is 0.0489. The molecular formula is C81H132O3. The highest BCUT2D eigenvalue weighted by atomic mass is 16.3. The third-order valence-corrected chi connectivity index (χ3v) is 18.1.